The van der Waals surface area contributed by atoms with E-state index in [1.165, 1.54) is 10.7 Å². The molecule has 0 spiro atoms. The molecule has 2 aromatic rings. The molecule has 12 nitrogen and oxygen atoms in total. The van der Waals surface area contributed by atoms with Gasteiger partial charge < -0.3 is 20.6 Å². The zero-order valence-electron chi connectivity index (χ0n) is 18.4. The van der Waals surface area contributed by atoms with Crippen LogP contribution in [-0.4, -0.2) is 74.5 Å². The maximum Gasteiger partial charge on any atom is 0.290 e. The molecule has 178 valence electrons. The molecule has 1 aliphatic carbocycles. The normalized spacial score (nSPS) is 20.8. The van der Waals surface area contributed by atoms with E-state index in [-0.39, 0.29) is 35.8 Å². The summed E-state index contributed by atoms with van der Waals surface area (Å²) in [7, 11) is 0. The number of carbonyl (C=O) groups is 4. The van der Waals surface area contributed by atoms with Crippen LogP contribution in [0.5, 0.6) is 0 Å². The largest absolute Gasteiger partial charge is 0.483 e. The van der Waals surface area contributed by atoms with Crippen molar-refractivity contribution in [3.63, 3.8) is 0 Å². The van der Waals surface area contributed by atoms with Crippen molar-refractivity contribution in [2.75, 3.05) is 19.6 Å². The predicted octanol–water partition coefficient (Wildman–Crippen LogP) is -0.331. The van der Waals surface area contributed by atoms with Crippen LogP contribution >= 0.6 is 0 Å². The van der Waals surface area contributed by atoms with Crippen molar-refractivity contribution in [2.45, 2.75) is 45.1 Å². The first-order valence-corrected chi connectivity index (χ1v) is 10.9. The lowest BCUT2D eigenvalue weighted by molar-refractivity contribution is -0.136. The molecule has 4 rings (SSSR count). The zero-order valence-corrected chi connectivity index (χ0v) is 18.4. The summed E-state index contributed by atoms with van der Waals surface area (Å²) < 4.78 is 1.26. The first-order chi connectivity index (χ1) is 15.8. The van der Waals surface area contributed by atoms with E-state index in [1.54, 1.807) is 11.0 Å². The van der Waals surface area contributed by atoms with Crippen LogP contribution in [0.4, 0.5) is 0 Å². The monoisotopic (exact) mass is 460 g/mol. The van der Waals surface area contributed by atoms with Gasteiger partial charge in [0.05, 0.1) is 0 Å². The van der Waals surface area contributed by atoms with Gasteiger partial charge in [-0.3, -0.25) is 29.1 Å². The van der Waals surface area contributed by atoms with Crippen LogP contribution in [0.15, 0.2) is 17.1 Å². The number of hydrogen-bond donors (Lipinski definition) is 4. The summed E-state index contributed by atoms with van der Waals surface area (Å²) in [5.74, 6) is -0.459. The first-order valence-electron chi connectivity index (χ1n) is 10.9. The highest BCUT2D eigenvalue weighted by atomic mass is 16.3. The van der Waals surface area contributed by atoms with Gasteiger partial charge in [0, 0.05) is 56.0 Å². The summed E-state index contributed by atoms with van der Waals surface area (Å²) in [6.45, 7) is 3.05. The standard InChI is InChI=1S/C20H26N6O4.CH2O2/c1-12-10-16-22-11-15(20(30)26(16)24-12)18(28)23-14-4-2-13(3-5-14)19(29)25-8-6-17(27)21-7-9-25;2-1-3/h10-11,13-14,24H,2-9H2,1H3,(H,21,27)(H,23,28);1H,(H,2,3). The van der Waals surface area contributed by atoms with Gasteiger partial charge in [-0.2, -0.15) is 0 Å². The zero-order chi connectivity index (χ0) is 24.0. The van der Waals surface area contributed by atoms with E-state index in [0.717, 1.165) is 5.69 Å². The second-order valence-electron chi connectivity index (χ2n) is 8.16. The predicted molar refractivity (Wildman–Crippen MR) is 117 cm³/mol. The molecule has 0 bridgehead atoms. The minimum Gasteiger partial charge on any atom is -0.483 e. The Morgan fingerprint density at radius 3 is 2.61 bits per heavy atom. The summed E-state index contributed by atoms with van der Waals surface area (Å²) in [5.41, 5.74) is 0.816. The number of nitrogens with one attached hydrogen (secondary N) is 3. The lowest BCUT2D eigenvalue weighted by Gasteiger charge is -2.31. The number of rotatable bonds is 3. The molecule has 33 heavy (non-hydrogen) atoms. The molecule has 4 N–H and O–H groups in total. The average Bonchev–Trinajstić information content (AvgIpc) is 3.04. The third kappa shape index (κ3) is 5.76. The van der Waals surface area contributed by atoms with Gasteiger partial charge in [-0.1, -0.05) is 0 Å². The molecule has 2 fully saturated rings. The molecular weight excluding hydrogens is 432 g/mol. The fraction of sp³-hybridized carbons (Fsp3) is 0.524. The van der Waals surface area contributed by atoms with Crippen molar-refractivity contribution in [1.29, 1.82) is 0 Å². The summed E-state index contributed by atoms with van der Waals surface area (Å²) in [6.07, 6.45) is 4.34. The molecule has 0 unspecified atom stereocenters. The Labute approximate surface area is 189 Å². The molecule has 0 aromatic carbocycles. The van der Waals surface area contributed by atoms with Crippen molar-refractivity contribution < 1.29 is 24.3 Å². The highest BCUT2D eigenvalue weighted by molar-refractivity contribution is 5.94. The number of amides is 3. The van der Waals surface area contributed by atoms with Gasteiger partial charge in [-0.05, 0) is 32.6 Å². The minimum atomic E-state index is -0.443. The van der Waals surface area contributed by atoms with Crippen LogP contribution in [0.2, 0.25) is 0 Å². The highest BCUT2D eigenvalue weighted by Crippen LogP contribution is 2.26. The molecule has 0 atom stereocenters. The van der Waals surface area contributed by atoms with Gasteiger partial charge >= 0.3 is 0 Å². The fourth-order valence-electron chi connectivity index (χ4n) is 4.23. The number of aromatic amines is 1. The Balaban J connectivity index is 0.000000968. The van der Waals surface area contributed by atoms with E-state index in [1.807, 2.05) is 6.92 Å². The Hall–Kier alpha value is -3.70. The molecule has 1 saturated carbocycles. The molecule has 3 amide bonds. The molecule has 0 radical (unpaired) electrons. The number of carboxylic acid groups (broad SMARTS) is 1. The first kappa shape index (κ1) is 24.0. The van der Waals surface area contributed by atoms with Crippen LogP contribution in [0.25, 0.3) is 5.65 Å². The summed E-state index contributed by atoms with van der Waals surface area (Å²) in [5, 5.41) is 15.5. The van der Waals surface area contributed by atoms with Crippen molar-refractivity contribution in [1.82, 2.24) is 30.1 Å². The third-order valence-corrected chi connectivity index (χ3v) is 5.90. The summed E-state index contributed by atoms with van der Waals surface area (Å²) >= 11 is 0. The van der Waals surface area contributed by atoms with Crippen LogP contribution in [0.3, 0.4) is 0 Å². The lowest BCUT2D eigenvalue weighted by Crippen LogP contribution is -2.44. The van der Waals surface area contributed by atoms with Crippen LogP contribution in [0.1, 0.15) is 48.2 Å². The Morgan fingerprint density at radius 1 is 1.21 bits per heavy atom. The van der Waals surface area contributed by atoms with E-state index >= 15 is 0 Å². The Bertz CT molecular complexity index is 1080. The molecule has 1 saturated heterocycles. The van der Waals surface area contributed by atoms with Crippen molar-refractivity contribution >= 4 is 29.8 Å². The summed E-state index contributed by atoms with van der Waals surface area (Å²) in [4.78, 5) is 63.7. The van der Waals surface area contributed by atoms with Gasteiger partial charge in [0.1, 0.15) is 5.56 Å². The third-order valence-electron chi connectivity index (χ3n) is 5.90. The van der Waals surface area contributed by atoms with Gasteiger partial charge in [0.25, 0.3) is 17.9 Å². The van der Waals surface area contributed by atoms with E-state index in [4.69, 9.17) is 9.90 Å². The van der Waals surface area contributed by atoms with E-state index in [9.17, 15) is 19.2 Å². The summed E-state index contributed by atoms with van der Waals surface area (Å²) in [6, 6.07) is 1.65. The van der Waals surface area contributed by atoms with E-state index in [0.29, 0.717) is 57.4 Å². The highest BCUT2D eigenvalue weighted by Gasteiger charge is 2.31. The quantitative estimate of drug-likeness (QED) is 0.455. The fourth-order valence-corrected chi connectivity index (χ4v) is 4.23. The number of carbonyl (C=O) groups excluding carboxylic acids is 3. The van der Waals surface area contributed by atoms with Gasteiger partial charge in [0.2, 0.25) is 11.8 Å². The topological polar surface area (TPSA) is 166 Å². The molecule has 2 aromatic heterocycles. The van der Waals surface area contributed by atoms with Gasteiger partial charge in [-0.15, -0.1) is 0 Å². The van der Waals surface area contributed by atoms with Gasteiger partial charge in [0.15, 0.2) is 5.65 Å². The smallest absolute Gasteiger partial charge is 0.290 e. The van der Waals surface area contributed by atoms with Crippen molar-refractivity contribution in [3.05, 3.63) is 33.9 Å². The van der Waals surface area contributed by atoms with Crippen molar-refractivity contribution in [3.8, 4) is 0 Å². The SMILES string of the molecule is Cc1cc2ncc(C(=O)NC3CCC(C(=O)N4CCNC(=O)CC4)CC3)c(=O)n2[nH]1.O=CO. The molecule has 1 aliphatic heterocycles. The maximum atomic E-state index is 12.8. The Morgan fingerprint density at radius 2 is 1.91 bits per heavy atom. The van der Waals surface area contributed by atoms with Crippen molar-refractivity contribution in [2.24, 2.45) is 5.92 Å². The second kappa shape index (κ2) is 10.7. The number of fused-ring (bicyclic) bond motifs is 1. The molecule has 3 heterocycles. The lowest BCUT2D eigenvalue weighted by atomic mass is 9.85. The molecule has 12 heteroatoms. The number of nitrogens with zero attached hydrogens (tertiary/aromatic N) is 3. The maximum absolute atomic E-state index is 12.8. The van der Waals surface area contributed by atoms with E-state index in [2.05, 4.69) is 20.7 Å². The Kier molecular flexibility index (Phi) is 7.80. The molecule has 2 aliphatic rings. The second-order valence-corrected chi connectivity index (χ2v) is 8.16. The number of H-pyrrole nitrogens is 1. The van der Waals surface area contributed by atoms with Gasteiger partial charge in [-0.25, -0.2) is 9.50 Å². The number of aryl methyl sites for hydroxylation is 1. The van der Waals surface area contributed by atoms with Crippen LogP contribution in [0, 0.1) is 12.8 Å². The minimum absolute atomic E-state index is 0.00529. The number of aromatic nitrogens is 3. The average molecular weight is 460 g/mol. The van der Waals surface area contributed by atoms with E-state index < -0.39 is 11.5 Å². The van der Waals surface area contributed by atoms with Crippen LogP contribution in [-0.2, 0) is 14.4 Å². The van der Waals surface area contributed by atoms with Crippen LogP contribution < -0.4 is 16.2 Å². The number of hydrogen-bond acceptors (Lipinski definition) is 6. The molecular formula is C21H28N6O6.